The molecule has 0 bridgehead atoms. The van der Waals surface area contributed by atoms with Crippen LogP contribution in [0.3, 0.4) is 0 Å². The molecule has 2 N–H and O–H groups in total. The van der Waals surface area contributed by atoms with E-state index in [9.17, 15) is 4.79 Å². The van der Waals surface area contributed by atoms with Gasteiger partial charge in [-0.15, -0.1) is 0 Å². The van der Waals surface area contributed by atoms with Gasteiger partial charge in [0.15, 0.2) is 0 Å². The van der Waals surface area contributed by atoms with Gasteiger partial charge in [-0.25, -0.2) is 0 Å². The first-order chi connectivity index (χ1) is 11.3. The monoisotopic (exact) mass is 323 g/mol. The summed E-state index contributed by atoms with van der Waals surface area (Å²) < 4.78 is 0. The van der Waals surface area contributed by atoms with Crippen molar-refractivity contribution in [1.82, 2.24) is 5.32 Å². The van der Waals surface area contributed by atoms with Crippen LogP contribution in [0.25, 0.3) is 0 Å². The van der Waals surface area contributed by atoms with Crippen molar-refractivity contribution >= 4 is 5.91 Å². The van der Waals surface area contributed by atoms with Gasteiger partial charge in [-0.3, -0.25) is 4.79 Å². The Hall–Kier alpha value is -1.09. The van der Waals surface area contributed by atoms with E-state index in [1.165, 1.54) is 51.4 Å². The Bertz CT molecular complexity index is 311. The summed E-state index contributed by atoms with van der Waals surface area (Å²) in [6, 6.07) is 0. The van der Waals surface area contributed by atoms with E-state index in [0.29, 0.717) is 13.0 Å². The summed E-state index contributed by atoms with van der Waals surface area (Å²) in [4.78, 5) is 11.3. The van der Waals surface area contributed by atoms with E-state index < -0.39 is 0 Å². The molecule has 0 fully saturated rings. The number of rotatable bonds is 16. The lowest BCUT2D eigenvalue weighted by Crippen LogP contribution is -2.25. The Morgan fingerprint density at radius 3 is 2.13 bits per heavy atom. The van der Waals surface area contributed by atoms with Gasteiger partial charge in [-0.05, 0) is 32.1 Å². The second-order valence-electron chi connectivity index (χ2n) is 6.05. The molecule has 0 aliphatic carbocycles. The van der Waals surface area contributed by atoms with Crippen LogP contribution in [0.5, 0.6) is 0 Å². The molecule has 0 atom stereocenters. The van der Waals surface area contributed by atoms with Crippen LogP contribution in [0.1, 0.15) is 84.0 Å². The smallest absolute Gasteiger partial charge is 0.220 e. The maximum Gasteiger partial charge on any atom is 0.220 e. The molecule has 0 aromatic rings. The number of unbranched alkanes of at least 4 members (excludes halogenated alkanes) is 8. The molecule has 1 amide bonds. The summed E-state index contributed by atoms with van der Waals surface area (Å²) in [7, 11) is 0. The van der Waals surface area contributed by atoms with Gasteiger partial charge in [0.05, 0.1) is 6.61 Å². The molecule has 23 heavy (non-hydrogen) atoms. The maximum atomic E-state index is 11.3. The summed E-state index contributed by atoms with van der Waals surface area (Å²) in [5.41, 5.74) is 0. The summed E-state index contributed by atoms with van der Waals surface area (Å²) in [5.74, 6) is 0.0297. The topological polar surface area (TPSA) is 49.3 Å². The number of nitrogens with one attached hydrogen (secondary N) is 1. The summed E-state index contributed by atoms with van der Waals surface area (Å²) >= 11 is 0. The summed E-state index contributed by atoms with van der Waals surface area (Å²) in [6.07, 6.45) is 23.0. The van der Waals surface area contributed by atoms with Crippen molar-refractivity contribution < 1.29 is 9.90 Å². The SMILES string of the molecule is CCCCCCCCC/C=C\C/C=C\CCCC(=O)NCCO. The van der Waals surface area contributed by atoms with Crippen LogP contribution < -0.4 is 5.32 Å². The maximum absolute atomic E-state index is 11.3. The number of allylic oxidation sites excluding steroid dienone is 4. The summed E-state index contributed by atoms with van der Waals surface area (Å²) in [5, 5.41) is 11.2. The van der Waals surface area contributed by atoms with Crippen molar-refractivity contribution in [1.29, 1.82) is 0 Å². The lowest BCUT2D eigenvalue weighted by molar-refractivity contribution is -0.121. The molecule has 0 saturated heterocycles. The molecule has 0 aromatic carbocycles. The molecule has 3 nitrogen and oxygen atoms in total. The average Bonchev–Trinajstić information content (AvgIpc) is 2.56. The van der Waals surface area contributed by atoms with E-state index >= 15 is 0 Å². The molecule has 0 heterocycles. The first-order valence-electron chi connectivity index (χ1n) is 9.48. The van der Waals surface area contributed by atoms with Gasteiger partial charge in [0.2, 0.25) is 5.91 Å². The highest BCUT2D eigenvalue weighted by Crippen LogP contribution is 2.08. The fourth-order valence-electron chi connectivity index (χ4n) is 2.39. The molecular weight excluding hydrogens is 286 g/mol. The van der Waals surface area contributed by atoms with Crippen molar-refractivity contribution in [2.45, 2.75) is 84.0 Å². The van der Waals surface area contributed by atoms with E-state index in [1.807, 2.05) is 0 Å². The van der Waals surface area contributed by atoms with E-state index in [4.69, 9.17) is 5.11 Å². The van der Waals surface area contributed by atoms with Crippen LogP contribution in [-0.2, 0) is 4.79 Å². The Morgan fingerprint density at radius 2 is 1.48 bits per heavy atom. The zero-order valence-corrected chi connectivity index (χ0v) is 15.1. The van der Waals surface area contributed by atoms with Crippen molar-refractivity contribution in [3.63, 3.8) is 0 Å². The zero-order valence-electron chi connectivity index (χ0n) is 15.1. The number of carbonyl (C=O) groups is 1. The summed E-state index contributed by atoms with van der Waals surface area (Å²) in [6.45, 7) is 2.63. The highest BCUT2D eigenvalue weighted by atomic mass is 16.3. The lowest BCUT2D eigenvalue weighted by Gasteiger charge is -2.00. The van der Waals surface area contributed by atoms with Gasteiger partial charge in [0.25, 0.3) is 0 Å². The van der Waals surface area contributed by atoms with Gasteiger partial charge >= 0.3 is 0 Å². The minimum absolute atomic E-state index is 0.0107. The van der Waals surface area contributed by atoms with Crippen molar-refractivity contribution in [3.05, 3.63) is 24.3 Å². The number of carbonyl (C=O) groups excluding carboxylic acids is 1. The number of aliphatic hydroxyl groups excluding tert-OH is 1. The Kier molecular flexibility index (Phi) is 18.1. The van der Waals surface area contributed by atoms with Crippen molar-refractivity contribution in [3.8, 4) is 0 Å². The molecule has 134 valence electrons. The van der Waals surface area contributed by atoms with E-state index in [2.05, 4.69) is 36.5 Å². The second-order valence-corrected chi connectivity index (χ2v) is 6.05. The number of hydrogen-bond donors (Lipinski definition) is 2. The Balaban J connectivity index is 3.27. The third kappa shape index (κ3) is 18.9. The van der Waals surface area contributed by atoms with E-state index in [0.717, 1.165) is 19.3 Å². The highest BCUT2D eigenvalue weighted by Gasteiger charge is 1.97. The van der Waals surface area contributed by atoms with Gasteiger partial charge in [-0.1, -0.05) is 69.8 Å². The highest BCUT2D eigenvalue weighted by molar-refractivity contribution is 5.75. The molecule has 0 aliphatic rings. The fourth-order valence-corrected chi connectivity index (χ4v) is 2.39. The van der Waals surface area contributed by atoms with Crippen LogP contribution in [0, 0.1) is 0 Å². The largest absolute Gasteiger partial charge is 0.395 e. The minimum Gasteiger partial charge on any atom is -0.395 e. The van der Waals surface area contributed by atoms with Crippen molar-refractivity contribution in [2.24, 2.45) is 0 Å². The molecule has 0 radical (unpaired) electrons. The van der Waals surface area contributed by atoms with Crippen LogP contribution in [0.4, 0.5) is 0 Å². The minimum atomic E-state index is 0.0107. The molecule has 0 spiro atoms. The molecule has 0 rings (SSSR count). The van der Waals surface area contributed by atoms with Gasteiger partial charge in [0.1, 0.15) is 0 Å². The van der Waals surface area contributed by atoms with Gasteiger partial charge in [-0.2, -0.15) is 0 Å². The van der Waals surface area contributed by atoms with E-state index in [1.54, 1.807) is 0 Å². The lowest BCUT2D eigenvalue weighted by atomic mass is 10.1. The molecule has 0 aliphatic heterocycles. The van der Waals surface area contributed by atoms with Crippen LogP contribution in [-0.4, -0.2) is 24.2 Å². The van der Waals surface area contributed by atoms with Crippen LogP contribution >= 0.6 is 0 Å². The van der Waals surface area contributed by atoms with E-state index in [-0.39, 0.29) is 12.5 Å². The predicted molar refractivity (Wildman–Crippen MR) is 99.5 cm³/mol. The number of aliphatic hydroxyl groups is 1. The van der Waals surface area contributed by atoms with Crippen molar-refractivity contribution in [2.75, 3.05) is 13.2 Å². The van der Waals surface area contributed by atoms with Crippen LogP contribution in [0.15, 0.2) is 24.3 Å². The molecule has 0 unspecified atom stereocenters. The van der Waals surface area contributed by atoms with Gasteiger partial charge in [0, 0.05) is 13.0 Å². The first-order valence-corrected chi connectivity index (χ1v) is 9.48. The Morgan fingerprint density at radius 1 is 0.870 bits per heavy atom. The molecular formula is C20H37NO2. The zero-order chi connectivity index (χ0) is 17.0. The normalized spacial score (nSPS) is 11.6. The third-order valence-electron chi connectivity index (χ3n) is 3.79. The molecule has 0 saturated carbocycles. The Labute approximate surface area is 143 Å². The second kappa shape index (κ2) is 19.0. The van der Waals surface area contributed by atoms with Crippen LogP contribution in [0.2, 0.25) is 0 Å². The predicted octanol–water partition coefficient (Wildman–Crippen LogP) is 4.91. The first kappa shape index (κ1) is 21.9. The standard InChI is InChI=1S/C20H37NO2/c1-2-3-4-5-6-7-8-9-10-11-12-13-14-15-16-17-20(23)21-18-19-22/h10-11,13-14,22H,2-9,12,15-19H2,1H3,(H,21,23)/b11-10-,14-13-. The number of amides is 1. The molecule has 3 heteroatoms. The average molecular weight is 324 g/mol. The molecule has 0 aromatic heterocycles. The van der Waals surface area contributed by atoms with Gasteiger partial charge < -0.3 is 10.4 Å². The fraction of sp³-hybridized carbons (Fsp3) is 0.750. The number of hydrogen-bond acceptors (Lipinski definition) is 2. The quantitative estimate of drug-likeness (QED) is 0.313. The third-order valence-corrected chi connectivity index (χ3v) is 3.79.